The smallest absolute Gasteiger partial charge is 0.251 e. The lowest BCUT2D eigenvalue weighted by Gasteiger charge is -2.35. The number of carbonyl (C=O) groups excluding carboxylic acids is 1. The lowest BCUT2D eigenvalue weighted by molar-refractivity contribution is 0.0162. The van der Waals surface area contributed by atoms with E-state index in [1.54, 1.807) is 31.4 Å². The van der Waals surface area contributed by atoms with E-state index in [1.807, 2.05) is 18.2 Å². The molecule has 0 aromatic heterocycles. The van der Waals surface area contributed by atoms with Gasteiger partial charge in [-0.2, -0.15) is 0 Å². The minimum Gasteiger partial charge on any atom is -0.497 e. The van der Waals surface area contributed by atoms with Crippen LogP contribution in [0.1, 0.15) is 22.0 Å². The van der Waals surface area contributed by atoms with Gasteiger partial charge in [0.15, 0.2) is 0 Å². The predicted octanol–water partition coefficient (Wildman–Crippen LogP) is 3.15. The Bertz CT molecular complexity index is 747. The van der Waals surface area contributed by atoms with E-state index in [-0.39, 0.29) is 11.9 Å². The molecule has 1 amide bonds. The van der Waals surface area contributed by atoms with Crippen molar-refractivity contribution in [1.82, 2.24) is 10.2 Å². The van der Waals surface area contributed by atoms with E-state index in [2.05, 4.69) is 16.3 Å². The summed E-state index contributed by atoms with van der Waals surface area (Å²) in [6, 6.07) is 15.0. The molecule has 0 aliphatic carbocycles. The SMILES string of the molecule is COc1cccc([C@@H](CNC(=O)c2cccc(Cl)c2)N2CCOCC2)c1. The van der Waals surface area contributed by atoms with Crippen LogP contribution in [0.15, 0.2) is 48.5 Å². The second-order valence-electron chi connectivity index (χ2n) is 6.16. The van der Waals surface area contributed by atoms with E-state index in [1.165, 1.54) is 0 Å². The van der Waals surface area contributed by atoms with Gasteiger partial charge in [0.05, 0.1) is 26.4 Å². The summed E-state index contributed by atoms with van der Waals surface area (Å²) in [7, 11) is 1.66. The first-order valence-corrected chi connectivity index (χ1v) is 9.04. The van der Waals surface area contributed by atoms with Gasteiger partial charge < -0.3 is 14.8 Å². The van der Waals surface area contributed by atoms with Crippen LogP contribution in [0.3, 0.4) is 0 Å². The van der Waals surface area contributed by atoms with Crippen molar-refractivity contribution in [3.8, 4) is 5.75 Å². The lowest BCUT2D eigenvalue weighted by Crippen LogP contribution is -2.43. The van der Waals surface area contributed by atoms with Crippen molar-refractivity contribution < 1.29 is 14.3 Å². The average Bonchev–Trinajstić information content (AvgIpc) is 2.69. The number of methoxy groups -OCH3 is 1. The van der Waals surface area contributed by atoms with Gasteiger partial charge in [0.2, 0.25) is 0 Å². The summed E-state index contributed by atoms with van der Waals surface area (Å²) < 4.78 is 10.8. The molecule has 26 heavy (non-hydrogen) atoms. The molecular formula is C20H23ClN2O3. The first kappa shape index (κ1) is 18.7. The molecule has 2 aromatic rings. The van der Waals surface area contributed by atoms with Crippen LogP contribution in [0.5, 0.6) is 5.75 Å². The number of amides is 1. The largest absolute Gasteiger partial charge is 0.497 e. The maximum Gasteiger partial charge on any atom is 0.251 e. The van der Waals surface area contributed by atoms with Crippen molar-refractivity contribution in [2.24, 2.45) is 0 Å². The molecule has 6 heteroatoms. The fraction of sp³-hybridized carbons (Fsp3) is 0.350. The number of benzene rings is 2. The highest BCUT2D eigenvalue weighted by molar-refractivity contribution is 6.30. The maximum atomic E-state index is 12.5. The Labute approximate surface area is 158 Å². The second kappa shape index (κ2) is 9.03. The molecule has 1 heterocycles. The van der Waals surface area contributed by atoms with E-state index in [4.69, 9.17) is 21.1 Å². The van der Waals surface area contributed by atoms with Crippen LogP contribution in [0, 0.1) is 0 Å². The highest BCUT2D eigenvalue weighted by Crippen LogP contribution is 2.25. The molecule has 0 bridgehead atoms. The average molecular weight is 375 g/mol. The molecule has 1 saturated heterocycles. The topological polar surface area (TPSA) is 50.8 Å². The molecule has 0 spiro atoms. The molecule has 1 atom stereocenters. The zero-order valence-corrected chi connectivity index (χ0v) is 15.5. The first-order chi connectivity index (χ1) is 12.7. The zero-order valence-electron chi connectivity index (χ0n) is 14.8. The number of halogens is 1. The molecule has 0 saturated carbocycles. The molecule has 1 aliphatic heterocycles. The Hall–Kier alpha value is -2.08. The molecule has 1 fully saturated rings. The molecule has 3 rings (SSSR count). The van der Waals surface area contributed by atoms with E-state index in [0.717, 1.165) is 24.4 Å². The van der Waals surface area contributed by atoms with E-state index >= 15 is 0 Å². The van der Waals surface area contributed by atoms with Crippen molar-refractivity contribution in [3.05, 3.63) is 64.7 Å². The molecule has 138 valence electrons. The van der Waals surface area contributed by atoms with Crippen molar-refractivity contribution >= 4 is 17.5 Å². The van der Waals surface area contributed by atoms with Crippen molar-refractivity contribution in [1.29, 1.82) is 0 Å². The van der Waals surface area contributed by atoms with E-state index in [0.29, 0.717) is 30.3 Å². The second-order valence-corrected chi connectivity index (χ2v) is 6.60. The van der Waals surface area contributed by atoms with Crippen LogP contribution < -0.4 is 10.1 Å². The molecule has 2 aromatic carbocycles. The van der Waals surface area contributed by atoms with Gasteiger partial charge in [-0.05, 0) is 35.9 Å². The number of rotatable bonds is 6. The standard InChI is InChI=1S/C20H23ClN2O3/c1-25-18-7-3-4-15(13-18)19(23-8-10-26-11-9-23)14-22-20(24)16-5-2-6-17(21)12-16/h2-7,12-13,19H,8-11,14H2,1H3,(H,22,24)/t19-/m1/s1. The number of hydrogen-bond donors (Lipinski definition) is 1. The summed E-state index contributed by atoms with van der Waals surface area (Å²) in [4.78, 5) is 14.8. The van der Waals surface area contributed by atoms with Crippen LogP contribution in [-0.2, 0) is 4.74 Å². The Morgan fingerprint density at radius 2 is 2.00 bits per heavy atom. The number of hydrogen-bond acceptors (Lipinski definition) is 4. The van der Waals surface area contributed by atoms with Gasteiger partial charge in [-0.3, -0.25) is 9.69 Å². The quantitative estimate of drug-likeness (QED) is 0.843. The Morgan fingerprint density at radius 3 is 2.73 bits per heavy atom. The van der Waals surface area contributed by atoms with Gasteiger partial charge in [0, 0.05) is 30.2 Å². The van der Waals surface area contributed by atoms with Gasteiger partial charge in [0.25, 0.3) is 5.91 Å². The molecule has 0 unspecified atom stereocenters. The van der Waals surface area contributed by atoms with Gasteiger partial charge in [0.1, 0.15) is 5.75 Å². The van der Waals surface area contributed by atoms with Crippen molar-refractivity contribution in [2.75, 3.05) is 40.0 Å². The Kier molecular flexibility index (Phi) is 6.50. The van der Waals surface area contributed by atoms with Gasteiger partial charge in [-0.1, -0.05) is 29.8 Å². The normalized spacial score (nSPS) is 16.1. The fourth-order valence-corrected chi connectivity index (χ4v) is 3.31. The van der Waals surface area contributed by atoms with Crippen molar-refractivity contribution in [2.45, 2.75) is 6.04 Å². The number of morpholine rings is 1. The summed E-state index contributed by atoms with van der Waals surface area (Å²) >= 11 is 5.99. The summed E-state index contributed by atoms with van der Waals surface area (Å²) in [6.45, 7) is 3.55. The molecule has 1 N–H and O–H groups in total. The molecular weight excluding hydrogens is 352 g/mol. The van der Waals surface area contributed by atoms with Crippen molar-refractivity contribution in [3.63, 3.8) is 0 Å². The summed E-state index contributed by atoms with van der Waals surface area (Å²) in [6.07, 6.45) is 0. The highest BCUT2D eigenvalue weighted by atomic mass is 35.5. The lowest BCUT2D eigenvalue weighted by atomic mass is 10.0. The third kappa shape index (κ3) is 4.75. The van der Waals surface area contributed by atoms with Gasteiger partial charge in [-0.15, -0.1) is 0 Å². The third-order valence-electron chi connectivity index (χ3n) is 4.51. The van der Waals surface area contributed by atoms with Crippen LogP contribution in [0.4, 0.5) is 0 Å². The molecule has 1 aliphatic rings. The van der Waals surface area contributed by atoms with Crippen LogP contribution >= 0.6 is 11.6 Å². The molecule has 0 radical (unpaired) electrons. The summed E-state index contributed by atoms with van der Waals surface area (Å²) in [5.41, 5.74) is 1.67. The highest BCUT2D eigenvalue weighted by Gasteiger charge is 2.23. The Morgan fingerprint density at radius 1 is 1.23 bits per heavy atom. The van der Waals surface area contributed by atoms with Crippen LogP contribution in [0.2, 0.25) is 5.02 Å². The number of ether oxygens (including phenoxy) is 2. The summed E-state index contributed by atoms with van der Waals surface area (Å²) in [5.74, 6) is 0.676. The Balaban J connectivity index is 1.75. The van der Waals surface area contributed by atoms with E-state index in [9.17, 15) is 4.79 Å². The fourth-order valence-electron chi connectivity index (χ4n) is 3.12. The monoisotopic (exact) mass is 374 g/mol. The third-order valence-corrected chi connectivity index (χ3v) is 4.74. The first-order valence-electron chi connectivity index (χ1n) is 8.67. The summed E-state index contributed by atoms with van der Waals surface area (Å²) in [5, 5.41) is 3.59. The van der Waals surface area contributed by atoms with Gasteiger partial charge in [-0.25, -0.2) is 0 Å². The van der Waals surface area contributed by atoms with E-state index < -0.39 is 0 Å². The maximum absolute atomic E-state index is 12.5. The minimum atomic E-state index is -0.131. The number of nitrogens with one attached hydrogen (secondary N) is 1. The molecule has 5 nitrogen and oxygen atoms in total. The minimum absolute atomic E-state index is 0.0529. The zero-order chi connectivity index (χ0) is 18.4. The number of nitrogens with zero attached hydrogens (tertiary/aromatic N) is 1. The van der Waals surface area contributed by atoms with Crippen LogP contribution in [-0.4, -0.2) is 50.8 Å². The predicted molar refractivity (Wildman–Crippen MR) is 102 cm³/mol. The van der Waals surface area contributed by atoms with Gasteiger partial charge >= 0.3 is 0 Å². The number of carbonyl (C=O) groups is 1. The van der Waals surface area contributed by atoms with Crippen LogP contribution in [0.25, 0.3) is 0 Å².